The molecule has 1 fully saturated rings. The summed E-state index contributed by atoms with van der Waals surface area (Å²) in [6, 6.07) is 10.6. The first-order valence-corrected chi connectivity index (χ1v) is 11.4. The van der Waals surface area contributed by atoms with Gasteiger partial charge in [-0.3, -0.25) is 4.79 Å². The monoisotopic (exact) mass is 449 g/mol. The largest absolute Gasteiger partial charge is 0.337 e. The number of piperazine rings is 1. The molecule has 1 aliphatic rings. The number of carbonyl (C=O) groups excluding carboxylic acids is 1. The predicted molar refractivity (Wildman–Crippen MR) is 110 cm³/mol. The number of hydrogen-bond acceptors (Lipinski definition) is 5. The van der Waals surface area contributed by atoms with E-state index in [9.17, 15) is 22.0 Å². The second kappa shape index (κ2) is 8.21. The number of amides is 1. The number of halogens is 2. The zero-order valence-corrected chi connectivity index (χ0v) is 17.3. The van der Waals surface area contributed by atoms with E-state index in [0.29, 0.717) is 5.01 Å². The number of rotatable bonds is 4. The molecule has 4 rings (SSSR count). The molecule has 3 aromatic rings. The molecular weight excluding hydrogens is 432 g/mol. The van der Waals surface area contributed by atoms with Crippen LogP contribution in [0.15, 0.2) is 53.4 Å². The highest BCUT2D eigenvalue weighted by molar-refractivity contribution is 7.89. The van der Waals surface area contributed by atoms with Gasteiger partial charge in [-0.2, -0.15) is 4.31 Å². The third-order valence-corrected chi connectivity index (χ3v) is 7.70. The van der Waals surface area contributed by atoms with Gasteiger partial charge in [-0.1, -0.05) is 18.2 Å². The van der Waals surface area contributed by atoms with Crippen molar-refractivity contribution in [2.75, 3.05) is 26.2 Å². The fourth-order valence-corrected chi connectivity index (χ4v) is 5.62. The highest BCUT2D eigenvalue weighted by Gasteiger charge is 2.33. The first kappa shape index (κ1) is 20.6. The van der Waals surface area contributed by atoms with Gasteiger partial charge >= 0.3 is 0 Å². The van der Waals surface area contributed by atoms with E-state index in [-0.39, 0.29) is 32.1 Å². The lowest BCUT2D eigenvalue weighted by Gasteiger charge is -2.33. The van der Waals surface area contributed by atoms with E-state index < -0.39 is 26.6 Å². The van der Waals surface area contributed by atoms with Crippen LogP contribution in [0.3, 0.4) is 0 Å². The molecule has 156 valence electrons. The van der Waals surface area contributed by atoms with Crippen LogP contribution in [0.2, 0.25) is 0 Å². The molecule has 0 unspecified atom stereocenters. The first-order chi connectivity index (χ1) is 14.4. The molecule has 1 aliphatic heterocycles. The van der Waals surface area contributed by atoms with Crippen molar-refractivity contribution in [1.29, 1.82) is 0 Å². The molecule has 1 aromatic heterocycles. The van der Waals surface area contributed by atoms with Crippen molar-refractivity contribution in [3.63, 3.8) is 0 Å². The normalized spacial score (nSPS) is 15.9. The molecule has 0 aliphatic carbocycles. The molecule has 0 atom stereocenters. The number of nitrogens with zero attached hydrogens (tertiary/aromatic N) is 3. The van der Waals surface area contributed by atoms with E-state index in [1.54, 1.807) is 6.08 Å². The Labute approximate surface area is 176 Å². The lowest BCUT2D eigenvalue weighted by atomic mass is 10.3. The fourth-order valence-electron chi connectivity index (χ4n) is 3.22. The van der Waals surface area contributed by atoms with Crippen LogP contribution in [-0.4, -0.2) is 54.7 Å². The average molecular weight is 450 g/mol. The van der Waals surface area contributed by atoms with Crippen molar-refractivity contribution < 1.29 is 22.0 Å². The van der Waals surface area contributed by atoms with E-state index in [1.807, 2.05) is 24.3 Å². The lowest BCUT2D eigenvalue weighted by molar-refractivity contribution is -0.127. The lowest BCUT2D eigenvalue weighted by Crippen LogP contribution is -2.50. The van der Waals surface area contributed by atoms with E-state index in [0.717, 1.165) is 32.7 Å². The van der Waals surface area contributed by atoms with E-state index in [1.165, 1.54) is 22.3 Å². The number of thiazole rings is 1. The van der Waals surface area contributed by atoms with Gasteiger partial charge in [-0.15, -0.1) is 11.3 Å². The number of carbonyl (C=O) groups is 1. The topological polar surface area (TPSA) is 70.6 Å². The summed E-state index contributed by atoms with van der Waals surface area (Å²) in [6.45, 7) is 0.157. The van der Waals surface area contributed by atoms with Crippen LogP contribution in [0.4, 0.5) is 8.78 Å². The summed E-state index contributed by atoms with van der Waals surface area (Å²) in [7, 11) is -4.32. The number of hydrogen-bond donors (Lipinski definition) is 0. The van der Waals surface area contributed by atoms with Crippen LogP contribution >= 0.6 is 11.3 Å². The Kier molecular flexibility index (Phi) is 5.63. The maximum absolute atomic E-state index is 13.9. The van der Waals surface area contributed by atoms with Gasteiger partial charge in [0.2, 0.25) is 15.9 Å². The average Bonchev–Trinajstić information content (AvgIpc) is 3.15. The Balaban J connectivity index is 1.42. The molecule has 0 saturated carbocycles. The summed E-state index contributed by atoms with van der Waals surface area (Å²) in [4.78, 5) is 17.4. The molecule has 2 heterocycles. The highest BCUT2D eigenvalue weighted by atomic mass is 32.2. The van der Waals surface area contributed by atoms with Gasteiger partial charge < -0.3 is 4.90 Å². The molecule has 1 saturated heterocycles. The van der Waals surface area contributed by atoms with Gasteiger partial charge in [0.15, 0.2) is 4.90 Å². The van der Waals surface area contributed by atoms with Crippen LogP contribution in [-0.2, 0) is 14.8 Å². The second-order valence-electron chi connectivity index (χ2n) is 6.63. The Hall–Kier alpha value is -2.69. The molecule has 0 radical (unpaired) electrons. The van der Waals surface area contributed by atoms with E-state index in [4.69, 9.17) is 0 Å². The third kappa shape index (κ3) is 3.98. The SMILES string of the molecule is O=C(/C=C/c1nc2ccccc2s1)N1CCN(S(=O)(=O)c2c(F)cccc2F)CC1. The molecule has 0 bridgehead atoms. The van der Waals surface area contributed by atoms with Crippen LogP contribution in [0.5, 0.6) is 0 Å². The molecule has 1 amide bonds. The van der Waals surface area contributed by atoms with Crippen molar-refractivity contribution >= 4 is 43.6 Å². The minimum absolute atomic E-state index is 0.0448. The van der Waals surface area contributed by atoms with E-state index >= 15 is 0 Å². The second-order valence-corrected chi connectivity index (χ2v) is 9.57. The van der Waals surface area contributed by atoms with Gasteiger partial charge in [0.1, 0.15) is 16.6 Å². The maximum Gasteiger partial charge on any atom is 0.249 e. The van der Waals surface area contributed by atoms with Crippen LogP contribution in [0.25, 0.3) is 16.3 Å². The predicted octanol–water partition coefficient (Wildman–Crippen LogP) is 3.12. The molecule has 2 aromatic carbocycles. The minimum Gasteiger partial charge on any atom is -0.337 e. The number of para-hydroxylation sites is 1. The highest BCUT2D eigenvalue weighted by Crippen LogP contribution is 2.24. The van der Waals surface area contributed by atoms with Crippen LogP contribution < -0.4 is 0 Å². The van der Waals surface area contributed by atoms with Gasteiger partial charge in [-0.25, -0.2) is 22.2 Å². The van der Waals surface area contributed by atoms with Gasteiger partial charge in [0.25, 0.3) is 0 Å². The van der Waals surface area contributed by atoms with Crippen LogP contribution in [0.1, 0.15) is 5.01 Å². The Morgan fingerprint density at radius 2 is 1.67 bits per heavy atom. The van der Waals surface area contributed by atoms with Crippen molar-refractivity contribution in [2.24, 2.45) is 0 Å². The molecule has 10 heteroatoms. The Bertz CT molecular complexity index is 1180. The number of fused-ring (bicyclic) bond motifs is 1. The number of sulfonamides is 1. The molecule has 0 N–H and O–H groups in total. The van der Waals surface area contributed by atoms with Crippen molar-refractivity contribution in [2.45, 2.75) is 4.90 Å². The smallest absolute Gasteiger partial charge is 0.249 e. The van der Waals surface area contributed by atoms with Crippen LogP contribution in [0, 0.1) is 11.6 Å². The Morgan fingerprint density at radius 3 is 2.33 bits per heavy atom. The summed E-state index contributed by atoms with van der Waals surface area (Å²) in [5.74, 6) is -2.54. The summed E-state index contributed by atoms with van der Waals surface area (Å²) in [6.07, 6.45) is 3.03. The fraction of sp³-hybridized carbons (Fsp3) is 0.200. The molecular formula is C20H17F2N3O3S2. The van der Waals surface area contributed by atoms with E-state index in [2.05, 4.69) is 4.98 Å². The molecule has 30 heavy (non-hydrogen) atoms. The quantitative estimate of drug-likeness (QED) is 0.574. The number of benzene rings is 2. The molecule has 0 spiro atoms. The summed E-state index contributed by atoms with van der Waals surface area (Å²) < 4.78 is 55.1. The molecule has 6 nitrogen and oxygen atoms in total. The van der Waals surface area contributed by atoms with Crippen molar-refractivity contribution in [1.82, 2.24) is 14.2 Å². The van der Waals surface area contributed by atoms with Gasteiger partial charge in [-0.05, 0) is 30.3 Å². The first-order valence-electron chi connectivity index (χ1n) is 9.13. The zero-order chi connectivity index (χ0) is 21.3. The summed E-state index contributed by atoms with van der Waals surface area (Å²) in [5, 5.41) is 0.695. The van der Waals surface area contributed by atoms with Gasteiger partial charge in [0, 0.05) is 32.3 Å². The zero-order valence-electron chi connectivity index (χ0n) is 15.7. The minimum atomic E-state index is -4.32. The number of aromatic nitrogens is 1. The van der Waals surface area contributed by atoms with Crippen molar-refractivity contribution in [3.05, 3.63) is 65.2 Å². The van der Waals surface area contributed by atoms with Crippen molar-refractivity contribution in [3.8, 4) is 0 Å². The third-order valence-electron chi connectivity index (χ3n) is 4.75. The summed E-state index contributed by atoms with van der Waals surface area (Å²) in [5.41, 5.74) is 0.855. The maximum atomic E-state index is 13.9. The summed E-state index contributed by atoms with van der Waals surface area (Å²) >= 11 is 1.46. The standard InChI is InChI=1S/C20H17F2N3O3S2/c21-14-4-3-5-15(22)20(14)30(27,28)25-12-10-24(11-13-25)19(26)9-8-18-23-16-6-1-2-7-17(16)29-18/h1-9H,10-13H2/b9-8+. The Morgan fingerprint density at radius 1 is 1.00 bits per heavy atom. The van der Waals surface area contributed by atoms with Gasteiger partial charge in [0.05, 0.1) is 10.2 Å².